The number of rotatable bonds is 3. The number of nitrogens with one attached hydrogen (secondary N) is 2. The van der Waals surface area contributed by atoms with Crippen molar-refractivity contribution in [3.63, 3.8) is 0 Å². The van der Waals surface area contributed by atoms with E-state index < -0.39 is 0 Å². The SMILES string of the molecule is CNc1cc(NC)nc(-c2ccc(O)cc2)n1. The topological polar surface area (TPSA) is 70.1 Å². The molecule has 2 aromatic rings. The Labute approximate surface area is 99.6 Å². The van der Waals surface area contributed by atoms with Crippen LogP contribution in [0.25, 0.3) is 11.4 Å². The third-order valence-corrected chi connectivity index (χ3v) is 2.36. The molecule has 0 saturated heterocycles. The van der Waals surface area contributed by atoms with Crippen LogP contribution in [0.5, 0.6) is 5.75 Å². The van der Waals surface area contributed by atoms with Crippen molar-refractivity contribution in [1.29, 1.82) is 0 Å². The fourth-order valence-electron chi connectivity index (χ4n) is 1.44. The molecular weight excluding hydrogens is 216 g/mol. The van der Waals surface area contributed by atoms with Crippen LogP contribution < -0.4 is 10.6 Å². The van der Waals surface area contributed by atoms with Gasteiger partial charge >= 0.3 is 0 Å². The van der Waals surface area contributed by atoms with Crippen LogP contribution in [0.2, 0.25) is 0 Å². The summed E-state index contributed by atoms with van der Waals surface area (Å²) in [5, 5.41) is 15.2. The van der Waals surface area contributed by atoms with E-state index in [1.165, 1.54) is 0 Å². The summed E-state index contributed by atoms with van der Waals surface area (Å²) < 4.78 is 0. The molecular formula is C12H14N4O. The lowest BCUT2D eigenvalue weighted by Gasteiger charge is -2.07. The van der Waals surface area contributed by atoms with Crippen LogP contribution in [0, 0.1) is 0 Å². The average molecular weight is 230 g/mol. The molecule has 0 aliphatic heterocycles. The zero-order valence-electron chi connectivity index (χ0n) is 9.73. The molecule has 0 atom stereocenters. The van der Waals surface area contributed by atoms with E-state index in [1.807, 2.05) is 20.2 Å². The van der Waals surface area contributed by atoms with Gasteiger partial charge in [0.05, 0.1) is 0 Å². The quantitative estimate of drug-likeness (QED) is 0.751. The van der Waals surface area contributed by atoms with Gasteiger partial charge in [-0.2, -0.15) is 0 Å². The van der Waals surface area contributed by atoms with Crippen LogP contribution in [-0.4, -0.2) is 29.2 Å². The molecule has 0 bridgehead atoms. The van der Waals surface area contributed by atoms with Crippen molar-refractivity contribution in [1.82, 2.24) is 9.97 Å². The van der Waals surface area contributed by atoms with Crippen molar-refractivity contribution >= 4 is 11.6 Å². The number of anilines is 2. The van der Waals surface area contributed by atoms with Crippen LogP contribution in [0.4, 0.5) is 11.6 Å². The van der Waals surface area contributed by atoms with Gasteiger partial charge in [0, 0.05) is 25.7 Å². The van der Waals surface area contributed by atoms with E-state index in [-0.39, 0.29) is 5.75 Å². The standard InChI is InChI=1S/C12H14N4O/c1-13-10-7-11(14-2)16-12(15-10)8-3-5-9(17)6-4-8/h3-7,17H,1-2H3,(H2,13,14,15,16). The fourth-order valence-corrected chi connectivity index (χ4v) is 1.44. The molecule has 1 aromatic carbocycles. The molecule has 0 amide bonds. The third kappa shape index (κ3) is 2.44. The molecule has 0 unspecified atom stereocenters. The highest BCUT2D eigenvalue weighted by molar-refractivity contribution is 5.61. The zero-order valence-corrected chi connectivity index (χ0v) is 9.73. The number of benzene rings is 1. The molecule has 1 aromatic heterocycles. The van der Waals surface area contributed by atoms with Gasteiger partial charge < -0.3 is 15.7 Å². The summed E-state index contributed by atoms with van der Waals surface area (Å²) in [6.07, 6.45) is 0. The maximum absolute atomic E-state index is 9.24. The van der Waals surface area contributed by atoms with Gasteiger partial charge in [-0.1, -0.05) is 0 Å². The van der Waals surface area contributed by atoms with Crippen LogP contribution in [-0.2, 0) is 0 Å². The Hall–Kier alpha value is -2.30. The lowest BCUT2D eigenvalue weighted by molar-refractivity contribution is 0.475. The molecule has 2 rings (SSSR count). The van der Waals surface area contributed by atoms with Crippen molar-refractivity contribution in [2.24, 2.45) is 0 Å². The smallest absolute Gasteiger partial charge is 0.163 e. The Balaban J connectivity index is 2.46. The molecule has 0 radical (unpaired) electrons. The molecule has 0 spiro atoms. The maximum Gasteiger partial charge on any atom is 0.163 e. The first-order chi connectivity index (χ1) is 8.22. The van der Waals surface area contributed by atoms with Crippen LogP contribution in [0.15, 0.2) is 30.3 Å². The minimum Gasteiger partial charge on any atom is -0.508 e. The molecule has 1 heterocycles. The maximum atomic E-state index is 9.24. The van der Waals surface area contributed by atoms with Crippen molar-refractivity contribution in [2.45, 2.75) is 0 Å². The number of nitrogens with zero attached hydrogens (tertiary/aromatic N) is 2. The first-order valence-corrected chi connectivity index (χ1v) is 5.27. The number of aromatic hydroxyl groups is 1. The average Bonchev–Trinajstić information content (AvgIpc) is 2.39. The van der Waals surface area contributed by atoms with Crippen molar-refractivity contribution in [2.75, 3.05) is 24.7 Å². The first kappa shape index (κ1) is 11.2. The number of hydrogen-bond donors (Lipinski definition) is 3. The van der Waals surface area contributed by atoms with Gasteiger partial charge in [-0.3, -0.25) is 0 Å². The number of hydrogen-bond acceptors (Lipinski definition) is 5. The van der Waals surface area contributed by atoms with E-state index in [9.17, 15) is 5.11 Å². The zero-order chi connectivity index (χ0) is 12.3. The Kier molecular flexibility index (Phi) is 3.09. The molecule has 5 heteroatoms. The highest BCUT2D eigenvalue weighted by Gasteiger charge is 2.05. The Morgan fingerprint density at radius 1 is 0.941 bits per heavy atom. The van der Waals surface area contributed by atoms with Crippen LogP contribution in [0.3, 0.4) is 0 Å². The normalized spacial score (nSPS) is 10.0. The molecule has 88 valence electrons. The summed E-state index contributed by atoms with van der Waals surface area (Å²) in [5.74, 6) is 2.33. The number of phenols is 1. The van der Waals surface area contributed by atoms with Gasteiger partial charge in [-0.05, 0) is 24.3 Å². The summed E-state index contributed by atoms with van der Waals surface area (Å²) in [4.78, 5) is 8.71. The Bertz CT molecular complexity index is 488. The van der Waals surface area contributed by atoms with E-state index in [2.05, 4.69) is 20.6 Å². The van der Waals surface area contributed by atoms with Gasteiger partial charge in [-0.25, -0.2) is 9.97 Å². The van der Waals surface area contributed by atoms with E-state index in [0.29, 0.717) is 5.82 Å². The Morgan fingerprint density at radius 2 is 1.47 bits per heavy atom. The molecule has 3 N–H and O–H groups in total. The molecule has 5 nitrogen and oxygen atoms in total. The van der Waals surface area contributed by atoms with Crippen LogP contribution >= 0.6 is 0 Å². The highest BCUT2D eigenvalue weighted by Crippen LogP contribution is 2.21. The van der Waals surface area contributed by atoms with E-state index in [1.54, 1.807) is 24.3 Å². The number of aromatic nitrogens is 2. The van der Waals surface area contributed by atoms with Gasteiger partial charge in [0.1, 0.15) is 17.4 Å². The minimum atomic E-state index is 0.229. The monoisotopic (exact) mass is 230 g/mol. The van der Waals surface area contributed by atoms with E-state index in [4.69, 9.17) is 0 Å². The largest absolute Gasteiger partial charge is 0.508 e. The van der Waals surface area contributed by atoms with Gasteiger partial charge in [0.2, 0.25) is 0 Å². The molecule has 0 aliphatic carbocycles. The van der Waals surface area contributed by atoms with Crippen molar-refractivity contribution < 1.29 is 5.11 Å². The van der Waals surface area contributed by atoms with E-state index >= 15 is 0 Å². The van der Waals surface area contributed by atoms with Crippen molar-refractivity contribution in [3.05, 3.63) is 30.3 Å². The highest BCUT2D eigenvalue weighted by atomic mass is 16.3. The lowest BCUT2D eigenvalue weighted by atomic mass is 10.2. The first-order valence-electron chi connectivity index (χ1n) is 5.27. The number of phenolic OH excluding ortho intramolecular Hbond substituents is 1. The molecule has 0 saturated carbocycles. The van der Waals surface area contributed by atoms with Gasteiger partial charge in [0.15, 0.2) is 5.82 Å². The van der Waals surface area contributed by atoms with Crippen molar-refractivity contribution in [3.8, 4) is 17.1 Å². The molecule has 17 heavy (non-hydrogen) atoms. The second kappa shape index (κ2) is 4.69. The minimum absolute atomic E-state index is 0.229. The second-order valence-electron chi connectivity index (χ2n) is 3.51. The second-order valence-corrected chi connectivity index (χ2v) is 3.51. The summed E-state index contributed by atoms with van der Waals surface area (Å²) in [7, 11) is 3.62. The molecule has 0 fully saturated rings. The third-order valence-electron chi connectivity index (χ3n) is 2.36. The predicted octanol–water partition coefficient (Wildman–Crippen LogP) is 1.93. The fraction of sp³-hybridized carbons (Fsp3) is 0.167. The Morgan fingerprint density at radius 3 is 1.94 bits per heavy atom. The van der Waals surface area contributed by atoms with E-state index in [0.717, 1.165) is 17.2 Å². The summed E-state index contributed by atoms with van der Waals surface area (Å²) in [6, 6.07) is 8.62. The summed E-state index contributed by atoms with van der Waals surface area (Å²) in [5.41, 5.74) is 0.858. The lowest BCUT2D eigenvalue weighted by Crippen LogP contribution is -2.00. The molecule has 0 aliphatic rings. The summed E-state index contributed by atoms with van der Waals surface area (Å²) >= 11 is 0. The van der Waals surface area contributed by atoms with Gasteiger partial charge in [-0.15, -0.1) is 0 Å². The van der Waals surface area contributed by atoms with Gasteiger partial charge in [0.25, 0.3) is 0 Å². The predicted molar refractivity (Wildman–Crippen MR) is 68.2 cm³/mol. The van der Waals surface area contributed by atoms with Crippen LogP contribution in [0.1, 0.15) is 0 Å². The summed E-state index contributed by atoms with van der Waals surface area (Å²) in [6.45, 7) is 0.